The zero-order valence-corrected chi connectivity index (χ0v) is 19.2. The summed E-state index contributed by atoms with van der Waals surface area (Å²) in [7, 11) is 3.84. The Morgan fingerprint density at radius 2 is 2.06 bits per heavy atom. The monoisotopic (exact) mass is 446 g/mol. The summed E-state index contributed by atoms with van der Waals surface area (Å²) in [5.41, 5.74) is 3.60. The maximum absolute atomic E-state index is 13.4. The van der Waals surface area contributed by atoms with Crippen molar-refractivity contribution in [3.63, 3.8) is 0 Å². The molecule has 0 saturated carbocycles. The molecule has 0 bridgehead atoms. The fourth-order valence-electron chi connectivity index (χ4n) is 4.88. The third-order valence-corrected chi connectivity index (χ3v) is 6.59. The van der Waals surface area contributed by atoms with Gasteiger partial charge in [-0.1, -0.05) is 19.9 Å². The van der Waals surface area contributed by atoms with Gasteiger partial charge in [0.05, 0.1) is 41.0 Å². The normalized spacial score (nSPS) is 18.9. The number of fused-ring (bicyclic) bond motifs is 5. The van der Waals surface area contributed by atoms with Crippen LogP contribution in [0.5, 0.6) is 0 Å². The van der Waals surface area contributed by atoms with Crippen molar-refractivity contribution in [2.24, 2.45) is 4.99 Å². The fraction of sp³-hybridized carbons (Fsp3) is 0.360. The zero-order chi connectivity index (χ0) is 23.5. The fourth-order valence-corrected chi connectivity index (χ4v) is 4.88. The molecule has 0 aliphatic carbocycles. The average Bonchev–Trinajstić information content (AvgIpc) is 3.17. The minimum atomic E-state index is -1.83. The number of benzene rings is 1. The molecule has 0 saturated heterocycles. The second-order valence-corrected chi connectivity index (χ2v) is 8.75. The Balaban J connectivity index is 1.79. The second kappa shape index (κ2) is 7.52. The Morgan fingerprint density at radius 1 is 1.27 bits per heavy atom. The molecule has 8 nitrogen and oxygen atoms in total. The minimum absolute atomic E-state index is 0.118. The van der Waals surface area contributed by atoms with E-state index in [-0.39, 0.29) is 18.6 Å². The van der Waals surface area contributed by atoms with E-state index >= 15 is 0 Å². The third kappa shape index (κ3) is 3.01. The van der Waals surface area contributed by atoms with Gasteiger partial charge >= 0.3 is 5.97 Å². The molecule has 1 aromatic carbocycles. The van der Waals surface area contributed by atoms with Crippen LogP contribution in [-0.2, 0) is 34.7 Å². The van der Waals surface area contributed by atoms with E-state index in [1.54, 1.807) is 23.9 Å². The maximum atomic E-state index is 13.4. The third-order valence-electron chi connectivity index (χ3n) is 6.59. The van der Waals surface area contributed by atoms with E-state index in [1.165, 1.54) is 0 Å². The van der Waals surface area contributed by atoms with E-state index in [0.717, 1.165) is 34.1 Å². The summed E-state index contributed by atoms with van der Waals surface area (Å²) in [6.07, 6.45) is 2.63. The molecular formula is C25H26N4O4. The number of aryl methyl sites for hydroxylation is 1. The van der Waals surface area contributed by atoms with Gasteiger partial charge in [-0.3, -0.25) is 4.79 Å². The lowest BCUT2D eigenvalue weighted by Crippen LogP contribution is -2.44. The SMILES string of the molecule is CCc1c2c(nc3cccc(N=CN(C)C)c13)-c1cc3c(c(=O)n1C2)COC(=O)[C@]3(O)CC. The first-order valence-electron chi connectivity index (χ1n) is 11.1. The van der Waals surface area contributed by atoms with Gasteiger partial charge in [0, 0.05) is 30.6 Å². The van der Waals surface area contributed by atoms with E-state index in [9.17, 15) is 14.7 Å². The van der Waals surface area contributed by atoms with Crippen molar-refractivity contribution in [2.75, 3.05) is 14.1 Å². The minimum Gasteiger partial charge on any atom is -0.458 e. The molecule has 2 aliphatic rings. The first-order valence-corrected chi connectivity index (χ1v) is 11.1. The molecule has 4 heterocycles. The predicted octanol–water partition coefficient (Wildman–Crippen LogP) is 2.86. The van der Waals surface area contributed by atoms with Gasteiger partial charge < -0.3 is 19.3 Å². The number of aromatic nitrogens is 2. The maximum Gasteiger partial charge on any atom is 0.343 e. The quantitative estimate of drug-likeness (QED) is 0.294. The number of rotatable bonds is 4. The number of carbonyl (C=O) groups excluding carboxylic acids is 1. The van der Waals surface area contributed by atoms with Crippen LogP contribution in [0, 0.1) is 0 Å². The van der Waals surface area contributed by atoms with Gasteiger partial charge in [0.2, 0.25) is 0 Å². The lowest BCUT2D eigenvalue weighted by atomic mass is 9.86. The number of esters is 1. The molecule has 2 aromatic heterocycles. The van der Waals surface area contributed by atoms with Gasteiger partial charge in [-0.2, -0.15) is 0 Å². The van der Waals surface area contributed by atoms with E-state index in [4.69, 9.17) is 9.72 Å². The number of aliphatic imine (C=N–C) groups is 1. The Morgan fingerprint density at radius 3 is 2.76 bits per heavy atom. The van der Waals surface area contributed by atoms with Gasteiger partial charge in [-0.05, 0) is 36.6 Å². The highest BCUT2D eigenvalue weighted by atomic mass is 16.6. The summed E-state index contributed by atoms with van der Waals surface area (Å²) < 4.78 is 6.83. The van der Waals surface area contributed by atoms with E-state index in [2.05, 4.69) is 11.9 Å². The Labute approximate surface area is 191 Å². The summed E-state index contributed by atoms with van der Waals surface area (Å²) in [5.74, 6) is -0.718. The number of hydrogen-bond donors (Lipinski definition) is 1. The topological polar surface area (TPSA) is 97.0 Å². The van der Waals surface area contributed by atoms with Crippen LogP contribution in [0.15, 0.2) is 34.1 Å². The molecular weight excluding hydrogens is 420 g/mol. The lowest BCUT2D eigenvalue weighted by Gasteiger charge is -2.31. The molecule has 5 rings (SSSR count). The standard InChI is InChI=1S/C25H26N4O4/c1-5-14-15-11-29-20(10-17-16(23(29)30)12-33-24(31)25(17,32)6-2)22(15)27-19-9-7-8-18(21(14)19)26-13-28(3)4/h7-10,13,32H,5-6,11-12H2,1-4H3/t25-/m0/s1. The molecule has 2 aliphatic heterocycles. The number of ether oxygens (including phenoxy) is 1. The molecule has 0 unspecified atom stereocenters. The number of hydrogen-bond acceptors (Lipinski definition) is 6. The van der Waals surface area contributed by atoms with Crippen LogP contribution in [0.1, 0.15) is 42.5 Å². The molecule has 170 valence electrons. The Kier molecular flexibility index (Phi) is 4.86. The van der Waals surface area contributed by atoms with Crippen LogP contribution in [0.4, 0.5) is 5.69 Å². The number of cyclic esters (lactones) is 1. The van der Waals surface area contributed by atoms with E-state index in [0.29, 0.717) is 29.1 Å². The summed E-state index contributed by atoms with van der Waals surface area (Å²) in [5, 5.41) is 12.0. The highest BCUT2D eigenvalue weighted by Gasteiger charge is 2.45. The second-order valence-electron chi connectivity index (χ2n) is 8.75. The smallest absolute Gasteiger partial charge is 0.343 e. The van der Waals surface area contributed by atoms with Crippen molar-refractivity contribution in [2.45, 2.75) is 45.4 Å². The Hall–Kier alpha value is -3.52. The molecule has 0 radical (unpaired) electrons. The summed E-state index contributed by atoms with van der Waals surface area (Å²) in [6, 6.07) is 7.58. The van der Waals surface area contributed by atoms with Crippen molar-refractivity contribution >= 4 is 28.9 Å². The predicted molar refractivity (Wildman–Crippen MR) is 126 cm³/mol. The summed E-state index contributed by atoms with van der Waals surface area (Å²) in [6.45, 7) is 4.03. The van der Waals surface area contributed by atoms with Crippen molar-refractivity contribution < 1.29 is 14.6 Å². The highest BCUT2D eigenvalue weighted by molar-refractivity contribution is 5.97. The van der Waals surface area contributed by atoms with Crippen molar-refractivity contribution in [3.8, 4) is 11.4 Å². The largest absolute Gasteiger partial charge is 0.458 e. The van der Waals surface area contributed by atoms with Crippen LogP contribution in [-0.4, -0.2) is 46.0 Å². The van der Waals surface area contributed by atoms with Crippen molar-refractivity contribution in [3.05, 3.63) is 56.9 Å². The molecule has 1 atom stereocenters. The molecule has 8 heteroatoms. The Bertz CT molecular complexity index is 1410. The van der Waals surface area contributed by atoms with E-state index in [1.807, 2.05) is 37.2 Å². The molecule has 0 spiro atoms. The molecule has 33 heavy (non-hydrogen) atoms. The van der Waals surface area contributed by atoms with Gasteiger partial charge in [0.1, 0.15) is 6.61 Å². The first-order chi connectivity index (χ1) is 15.8. The van der Waals surface area contributed by atoms with Crippen LogP contribution < -0.4 is 5.56 Å². The molecule has 0 fully saturated rings. The van der Waals surface area contributed by atoms with Crippen molar-refractivity contribution in [1.82, 2.24) is 14.5 Å². The number of pyridine rings is 2. The average molecular weight is 447 g/mol. The van der Waals surface area contributed by atoms with Gasteiger partial charge in [0.15, 0.2) is 5.60 Å². The van der Waals surface area contributed by atoms with Crippen LogP contribution in [0.3, 0.4) is 0 Å². The molecule has 0 amide bonds. The van der Waals surface area contributed by atoms with Gasteiger partial charge in [-0.15, -0.1) is 0 Å². The van der Waals surface area contributed by atoms with Gasteiger partial charge in [0.25, 0.3) is 5.56 Å². The molecule has 3 aromatic rings. The zero-order valence-electron chi connectivity index (χ0n) is 19.2. The highest BCUT2D eigenvalue weighted by Crippen LogP contribution is 2.41. The number of carbonyl (C=O) groups is 1. The first kappa shape index (κ1) is 21.3. The summed E-state index contributed by atoms with van der Waals surface area (Å²) in [4.78, 5) is 37.3. The van der Waals surface area contributed by atoms with Crippen molar-refractivity contribution in [1.29, 1.82) is 0 Å². The van der Waals surface area contributed by atoms with E-state index < -0.39 is 11.6 Å². The van der Waals surface area contributed by atoms with Crippen LogP contribution >= 0.6 is 0 Å². The number of aliphatic hydroxyl groups is 1. The van der Waals surface area contributed by atoms with Crippen LogP contribution in [0.2, 0.25) is 0 Å². The summed E-state index contributed by atoms with van der Waals surface area (Å²) >= 11 is 0. The lowest BCUT2D eigenvalue weighted by molar-refractivity contribution is -0.172. The molecule has 1 N–H and O–H groups in total. The number of nitrogens with zero attached hydrogens (tertiary/aromatic N) is 4. The van der Waals surface area contributed by atoms with Gasteiger partial charge in [-0.25, -0.2) is 14.8 Å². The van der Waals surface area contributed by atoms with Crippen LogP contribution in [0.25, 0.3) is 22.3 Å².